The van der Waals surface area contributed by atoms with E-state index >= 15 is 0 Å². The maximum absolute atomic E-state index is 14.7. The highest BCUT2D eigenvalue weighted by Crippen LogP contribution is 2.75. The molecule has 4 nitrogen and oxygen atoms in total. The molecule has 0 radical (unpaired) electrons. The van der Waals surface area contributed by atoms with E-state index in [1.54, 1.807) is 0 Å². The van der Waals surface area contributed by atoms with Gasteiger partial charge in [-0.25, -0.2) is 0 Å². The van der Waals surface area contributed by atoms with Crippen LogP contribution in [0.2, 0.25) is 0 Å². The molecular weight excluding hydrogens is 444 g/mol. The Balaban J connectivity index is 1.23. The van der Waals surface area contributed by atoms with Crippen molar-refractivity contribution in [3.8, 4) is 0 Å². The van der Waals surface area contributed by atoms with Crippen LogP contribution in [0.3, 0.4) is 0 Å². The Labute approximate surface area is 219 Å². The first kappa shape index (κ1) is 24.0. The lowest BCUT2D eigenvalue weighted by molar-refractivity contribution is -0.224. The minimum atomic E-state index is -0.270. The van der Waals surface area contributed by atoms with Crippen LogP contribution in [-0.4, -0.2) is 34.9 Å². The van der Waals surface area contributed by atoms with Gasteiger partial charge in [-0.3, -0.25) is 19.6 Å². The lowest BCUT2D eigenvalue weighted by Crippen LogP contribution is -2.68. The van der Waals surface area contributed by atoms with Crippen LogP contribution in [0.25, 0.3) is 0 Å². The van der Waals surface area contributed by atoms with Crippen molar-refractivity contribution in [2.45, 2.75) is 131 Å². The number of hydrazine groups is 1. The normalized spacial score (nSPS) is 56.9. The summed E-state index contributed by atoms with van der Waals surface area (Å²) in [5.74, 6) is 0.623. The molecule has 8 saturated carbocycles. The van der Waals surface area contributed by atoms with Crippen molar-refractivity contribution < 1.29 is 9.59 Å². The molecule has 8 bridgehead atoms. The smallest absolute Gasteiger partial charge is 0.247 e. The Morgan fingerprint density at radius 2 is 0.639 bits per heavy atom. The molecule has 0 unspecified atom stereocenters. The van der Waals surface area contributed by atoms with Crippen LogP contribution in [0.5, 0.6) is 0 Å². The van der Waals surface area contributed by atoms with Crippen molar-refractivity contribution in [2.24, 2.45) is 43.3 Å². The molecule has 8 aliphatic carbocycles. The fourth-order valence-corrected chi connectivity index (χ4v) is 14.8. The maximum Gasteiger partial charge on any atom is 0.247 e. The highest BCUT2D eigenvalue weighted by molar-refractivity contribution is 5.89. The monoisotopic (exact) mass is 494 g/mol. The minimum Gasteiger partial charge on any atom is -0.272 e. The molecule has 2 amide bonds. The Bertz CT molecular complexity index is 856. The first-order valence-electron chi connectivity index (χ1n) is 15.2. The predicted octanol–water partition coefficient (Wildman–Crippen LogP) is 7.13. The summed E-state index contributed by atoms with van der Waals surface area (Å²) in [6, 6.07) is 0. The SMILES string of the molecule is CC12CC3(C)CC(C)(C1)CC(C(=O)N1CCCCN1C(=O)C14CC5(C)CC(C)(CC(C)(C5)C1)C4)(C2)C3. The van der Waals surface area contributed by atoms with Gasteiger partial charge in [-0.15, -0.1) is 0 Å². The second-order valence-corrected chi connectivity index (χ2v) is 18.1. The number of hydrogen-bond donors (Lipinski definition) is 0. The minimum absolute atomic E-state index is 0.270. The fraction of sp³-hybridized carbons (Fsp3) is 0.938. The molecule has 0 aromatic heterocycles. The van der Waals surface area contributed by atoms with E-state index in [1.165, 1.54) is 38.5 Å². The van der Waals surface area contributed by atoms with Gasteiger partial charge in [-0.2, -0.15) is 0 Å². The summed E-state index contributed by atoms with van der Waals surface area (Å²) in [5.41, 5.74) is 1.11. The topological polar surface area (TPSA) is 40.6 Å². The Morgan fingerprint density at radius 1 is 0.417 bits per heavy atom. The number of nitrogens with zero attached hydrogens (tertiary/aromatic N) is 2. The third-order valence-corrected chi connectivity index (χ3v) is 12.4. The summed E-state index contributed by atoms with van der Waals surface area (Å²) < 4.78 is 0. The van der Waals surface area contributed by atoms with Crippen molar-refractivity contribution in [1.29, 1.82) is 0 Å². The molecule has 9 aliphatic rings. The quantitative estimate of drug-likeness (QED) is 0.410. The molecule has 9 rings (SSSR count). The van der Waals surface area contributed by atoms with Crippen molar-refractivity contribution in [1.82, 2.24) is 10.0 Å². The molecule has 36 heavy (non-hydrogen) atoms. The molecule has 0 aromatic rings. The van der Waals surface area contributed by atoms with Gasteiger partial charge in [0.25, 0.3) is 0 Å². The number of carbonyl (C=O) groups is 2. The van der Waals surface area contributed by atoms with E-state index in [0.717, 1.165) is 64.5 Å². The lowest BCUT2D eigenvalue weighted by atomic mass is 9.36. The molecule has 1 heterocycles. The van der Waals surface area contributed by atoms with Crippen LogP contribution in [0.1, 0.15) is 131 Å². The molecule has 0 spiro atoms. The van der Waals surface area contributed by atoms with Gasteiger partial charge in [0.2, 0.25) is 11.8 Å². The average Bonchev–Trinajstić information content (AvgIpc) is 2.65. The Kier molecular flexibility index (Phi) is 4.37. The highest BCUT2D eigenvalue weighted by atomic mass is 16.2. The van der Waals surface area contributed by atoms with Gasteiger partial charge in [0.05, 0.1) is 10.8 Å². The molecule has 0 aromatic carbocycles. The summed E-state index contributed by atoms with van der Waals surface area (Å²) in [6.07, 6.45) is 15.8. The molecule has 1 aliphatic heterocycles. The van der Waals surface area contributed by atoms with E-state index in [2.05, 4.69) is 41.5 Å². The van der Waals surface area contributed by atoms with Gasteiger partial charge < -0.3 is 0 Å². The summed E-state index contributed by atoms with van der Waals surface area (Å²) in [4.78, 5) is 29.5. The molecule has 0 atom stereocenters. The van der Waals surface area contributed by atoms with Crippen LogP contribution in [0.15, 0.2) is 0 Å². The third-order valence-electron chi connectivity index (χ3n) is 12.4. The summed E-state index contributed by atoms with van der Waals surface area (Å²) in [5, 5.41) is 4.06. The second kappa shape index (κ2) is 6.56. The van der Waals surface area contributed by atoms with E-state index in [0.29, 0.717) is 11.8 Å². The van der Waals surface area contributed by atoms with Crippen molar-refractivity contribution in [3.63, 3.8) is 0 Å². The zero-order chi connectivity index (χ0) is 25.6. The average molecular weight is 495 g/mol. The van der Waals surface area contributed by atoms with Crippen molar-refractivity contribution in [3.05, 3.63) is 0 Å². The molecule has 4 heteroatoms. The summed E-state index contributed by atoms with van der Waals surface area (Å²) in [7, 11) is 0. The van der Waals surface area contributed by atoms with E-state index in [1.807, 2.05) is 10.0 Å². The molecule has 1 saturated heterocycles. The van der Waals surface area contributed by atoms with Gasteiger partial charge >= 0.3 is 0 Å². The largest absolute Gasteiger partial charge is 0.272 e. The van der Waals surface area contributed by atoms with E-state index < -0.39 is 0 Å². The zero-order valence-corrected chi connectivity index (χ0v) is 24.0. The molecule has 200 valence electrons. The molecule has 0 N–H and O–H groups in total. The third kappa shape index (κ3) is 3.23. The zero-order valence-electron chi connectivity index (χ0n) is 24.0. The Morgan fingerprint density at radius 3 is 0.861 bits per heavy atom. The summed E-state index contributed by atoms with van der Waals surface area (Å²) in [6.45, 7) is 16.2. The van der Waals surface area contributed by atoms with E-state index in [-0.39, 0.29) is 43.3 Å². The highest BCUT2D eigenvalue weighted by Gasteiger charge is 2.69. The molecule has 9 fully saturated rings. The predicted molar refractivity (Wildman–Crippen MR) is 142 cm³/mol. The van der Waals surface area contributed by atoms with Gasteiger partial charge in [-0.05, 0) is 122 Å². The van der Waals surface area contributed by atoms with Gasteiger partial charge in [0, 0.05) is 13.1 Å². The van der Waals surface area contributed by atoms with Gasteiger partial charge in [0.1, 0.15) is 0 Å². The van der Waals surface area contributed by atoms with E-state index in [4.69, 9.17) is 0 Å². The maximum atomic E-state index is 14.7. The summed E-state index contributed by atoms with van der Waals surface area (Å²) >= 11 is 0. The first-order valence-corrected chi connectivity index (χ1v) is 15.2. The number of amides is 2. The fourth-order valence-electron chi connectivity index (χ4n) is 14.8. The van der Waals surface area contributed by atoms with Crippen molar-refractivity contribution >= 4 is 11.8 Å². The number of carbonyl (C=O) groups excluding carboxylic acids is 2. The standard InChI is InChI=1S/C32H50N2O2/c1-25-11-26(2)13-27(3,12-25)19-31(17-25,18-26)23(35)33-9-7-8-10-34(33)24(36)32-20-28(4)14-29(5,21-32)16-30(6,15-28)22-32/h7-22H2,1-6H3. The number of rotatable bonds is 2. The van der Waals surface area contributed by atoms with Gasteiger partial charge in [0.15, 0.2) is 0 Å². The van der Waals surface area contributed by atoms with Gasteiger partial charge in [-0.1, -0.05) is 41.5 Å². The van der Waals surface area contributed by atoms with Crippen molar-refractivity contribution in [2.75, 3.05) is 13.1 Å². The van der Waals surface area contributed by atoms with Crippen LogP contribution in [-0.2, 0) is 9.59 Å². The lowest BCUT2D eigenvalue weighted by Gasteiger charge is -2.70. The second-order valence-electron chi connectivity index (χ2n) is 18.1. The number of hydrogen-bond acceptors (Lipinski definition) is 2. The van der Waals surface area contributed by atoms with Crippen LogP contribution < -0.4 is 0 Å². The first-order chi connectivity index (χ1) is 16.5. The van der Waals surface area contributed by atoms with Crippen LogP contribution in [0.4, 0.5) is 0 Å². The Hall–Kier alpha value is -1.06. The van der Waals surface area contributed by atoms with Crippen LogP contribution in [0, 0.1) is 43.3 Å². The van der Waals surface area contributed by atoms with E-state index in [9.17, 15) is 9.59 Å². The van der Waals surface area contributed by atoms with Crippen LogP contribution >= 0.6 is 0 Å². The molecular formula is C32H50N2O2.